The minimum absolute atomic E-state index is 0.411. The van der Waals surface area contributed by atoms with Crippen molar-refractivity contribution < 1.29 is 9.59 Å². The van der Waals surface area contributed by atoms with Gasteiger partial charge in [-0.25, -0.2) is 20.0 Å². The number of urea groups is 2. The van der Waals surface area contributed by atoms with Gasteiger partial charge in [0.05, 0.1) is 0 Å². The highest BCUT2D eigenvalue weighted by Crippen LogP contribution is 2.10. The lowest BCUT2D eigenvalue weighted by atomic mass is 10.1. The zero-order valence-electron chi connectivity index (χ0n) is 12.7. The molecule has 0 bridgehead atoms. The second kappa shape index (κ2) is 12.6. The van der Waals surface area contributed by atoms with Crippen molar-refractivity contribution in [1.82, 2.24) is 10.4 Å². The van der Waals surface area contributed by atoms with Crippen molar-refractivity contribution in [2.75, 3.05) is 6.54 Å². The molecule has 0 aromatic carbocycles. The van der Waals surface area contributed by atoms with Crippen molar-refractivity contribution in [3.8, 4) is 0 Å². The van der Waals surface area contributed by atoms with Crippen LogP contribution >= 0.6 is 0 Å². The van der Waals surface area contributed by atoms with Crippen molar-refractivity contribution in [3.05, 3.63) is 0 Å². The maximum Gasteiger partial charge on any atom is 0.333 e. The van der Waals surface area contributed by atoms with Crippen molar-refractivity contribution in [2.24, 2.45) is 11.5 Å². The van der Waals surface area contributed by atoms with Gasteiger partial charge in [-0.3, -0.25) is 0 Å². The first-order valence-electron chi connectivity index (χ1n) is 7.71. The van der Waals surface area contributed by atoms with E-state index in [2.05, 4.69) is 12.3 Å². The van der Waals surface area contributed by atoms with Crippen LogP contribution < -0.4 is 16.9 Å². The third kappa shape index (κ3) is 11.6. The van der Waals surface area contributed by atoms with Crippen LogP contribution in [-0.2, 0) is 0 Å². The SMILES string of the molecule is CCCCCCCCCCCCN(NC(N)=O)C(N)=O. The van der Waals surface area contributed by atoms with Crippen LogP contribution in [0.2, 0.25) is 0 Å². The Morgan fingerprint density at radius 3 is 1.70 bits per heavy atom. The van der Waals surface area contributed by atoms with Crippen molar-refractivity contribution in [1.29, 1.82) is 0 Å². The highest BCUT2D eigenvalue weighted by molar-refractivity contribution is 5.78. The Bertz CT molecular complexity index is 272. The van der Waals surface area contributed by atoms with Crippen LogP contribution in [0.4, 0.5) is 9.59 Å². The third-order valence-electron chi connectivity index (χ3n) is 3.25. The van der Waals surface area contributed by atoms with E-state index in [-0.39, 0.29) is 0 Å². The summed E-state index contributed by atoms with van der Waals surface area (Å²) in [6.07, 6.45) is 12.1. The molecule has 6 nitrogen and oxygen atoms in total. The average molecular weight is 286 g/mol. The molecule has 0 fully saturated rings. The number of unbranched alkanes of at least 4 members (excludes halogenated alkanes) is 9. The smallest absolute Gasteiger partial charge is 0.333 e. The number of hydrazine groups is 1. The maximum absolute atomic E-state index is 11.0. The van der Waals surface area contributed by atoms with Gasteiger partial charge in [0, 0.05) is 6.54 Å². The first-order chi connectivity index (χ1) is 9.57. The zero-order chi connectivity index (χ0) is 15.2. The quantitative estimate of drug-likeness (QED) is 0.401. The molecular weight excluding hydrogens is 256 g/mol. The van der Waals surface area contributed by atoms with Crippen molar-refractivity contribution in [2.45, 2.75) is 71.1 Å². The minimum atomic E-state index is -0.768. The monoisotopic (exact) mass is 286 g/mol. The lowest BCUT2D eigenvalue weighted by Gasteiger charge is -2.19. The number of nitrogens with zero attached hydrogens (tertiary/aromatic N) is 1. The summed E-state index contributed by atoms with van der Waals surface area (Å²) in [5, 5.41) is 1.06. The molecule has 0 rings (SSSR count). The van der Waals surface area contributed by atoms with Gasteiger partial charge in [0.25, 0.3) is 0 Å². The molecule has 0 saturated heterocycles. The molecule has 0 aliphatic carbocycles. The van der Waals surface area contributed by atoms with Gasteiger partial charge in [-0.05, 0) is 6.42 Å². The van der Waals surface area contributed by atoms with Gasteiger partial charge >= 0.3 is 12.1 Å². The van der Waals surface area contributed by atoms with Crippen LogP contribution in [-0.4, -0.2) is 23.6 Å². The molecule has 0 atom stereocenters. The number of nitrogens with two attached hydrogens (primary N) is 2. The largest absolute Gasteiger partial charge is 0.350 e. The molecule has 6 heteroatoms. The number of carbonyl (C=O) groups is 2. The summed E-state index contributed by atoms with van der Waals surface area (Å²) in [5.41, 5.74) is 12.3. The van der Waals surface area contributed by atoms with E-state index in [0.29, 0.717) is 6.54 Å². The Kier molecular flexibility index (Phi) is 11.7. The molecule has 118 valence electrons. The molecule has 0 unspecified atom stereocenters. The van der Waals surface area contributed by atoms with E-state index in [1.807, 2.05) is 0 Å². The standard InChI is InChI=1S/C14H30N4O2/c1-2-3-4-5-6-7-8-9-10-11-12-18(14(16)20)17-13(15)19/h2-12H2,1H3,(H2,16,20)(H3,15,17,19). The van der Waals surface area contributed by atoms with Crippen molar-refractivity contribution in [3.63, 3.8) is 0 Å². The van der Waals surface area contributed by atoms with E-state index >= 15 is 0 Å². The summed E-state index contributed by atoms with van der Waals surface area (Å²) in [6.45, 7) is 2.64. The lowest BCUT2D eigenvalue weighted by molar-refractivity contribution is 0.176. The second-order valence-corrected chi connectivity index (χ2v) is 5.15. The second-order valence-electron chi connectivity index (χ2n) is 5.15. The van der Waals surface area contributed by atoms with Gasteiger partial charge in [-0.2, -0.15) is 0 Å². The zero-order valence-corrected chi connectivity index (χ0v) is 12.7. The molecule has 0 aliphatic rings. The van der Waals surface area contributed by atoms with Crippen LogP contribution in [0.25, 0.3) is 0 Å². The summed E-state index contributed by atoms with van der Waals surface area (Å²) in [5.74, 6) is 0. The summed E-state index contributed by atoms with van der Waals surface area (Å²) >= 11 is 0. The first-order valence-corrected chi connectivity index (χ1v) is 7.71. The summed E-state index contributed by atoms with van der Waals surface area (Å²) in [6, 6.07) is -1.45. The average Bonchev–Trinajstić information content (AvgIpc) is 2.39. The molecule has 0 heterocycles. The fourth-order valence-corrected chi connectivity index (χ4v) is 2.11. The molecule has 0 spiro atoms. The Morgan fingerprint density at radius 1 is 0.850 bits per heavy atom. The number of rotatable bonds is 11. The van der Waals surface area contributed by atoms with Crippen molar-refractivity contribution >= 4 is 12.1 Å². The highest BCUT2D eigenvalue weighted by atomic mass is 16.2. The normalized spacial score (nSPS) is 10.2. The van der Waals surface area contributed by atoms with Crippen LogP contribution in [0.15, 0.2) is 0 Å². The molecular formula is C14H30N4O2. The van der Waals surface area contributed by atoms with Crippen LogP contribution in [0.3, 0.4) is 0 Å². The number of nitrogens with one attached hydrogen (secondary N) is 1. The van der Waals surface area contributed by atoms with Gasteiger partial charge < -0.3 is 11.5 Å². The Labute approximate surface area is 122 Å². The number of primary amides is 2. The van der Waals surface area contributed by atoms with Gasteiger partial charge in [0.2, 0.25) is 0 Å². The molecule has 0 radical (unpaired) electrons. The maximum atomic E-state index is 11.0. The van der Waals surface area contributed by atoms with E-state index in [1.165, 1.54) is 44.9 Å². The topological polar surface area (TPSA) is 101 Å². The van der Waals surface area contributed by atoms with E-state index in [9.17, 15) is 9.59 Å². The van der Waals surface area contributed by atoms with Gasteiger partial charge in [-0.1, -0.05) is 64.7 Å². The summed E-state index contributed by atoms with van der Waals surface area (Å²) in [7, 11) is 0. The van der Waals surface area contributed by atoms with E-state index in [0.717, 1.165) is 24.3 Å². The molecule has 4 amide bonds. The summed E-state index contributed by atoms with van der Waals surface area (Å²) < 4.78 is 0. The Hall–Kier alpha value is -1.46. The van der Waals surface area contributed by atoms with E-state index in [4.69, 9.17) is 11.5 Å². The number of hydrogen-bond acceptors (Lipinski definition) is 2. The molecule has 0 aliphatic heterocycles. The molecule has 0 aromatic heterocycles. The molecule has 20 heavy (non-hydrogen) atoms. The number of hydrogen-bond donors (Lipinski definition) is 3. The Morgan fingerprint density at radius 2 is 1.30 bits per heavy atom. The number of amides is 4. The van der Waals surface area contributed by atoms with Crippen LogP contribution in [0, 0.1) is 0 Å². The van der Waals surface area contributed by atoms with Gasteiger partial charge in [0.1, 0.15) is 0 Å². The molecule has 5 N–H and O–H groups in total. The van der Waals surface area contributed by atoms with Crippen LogP contribution in [0.1, 0.15) is 71.1 Å². The predicted molar refractivity (Wildman–Crippen MR) is 80.9 cm³/mol. The van der Waals surface area contributed by atoms with Gasteiger partial charge in [0.15, 0.2) is 0 Å². The lowest BCUT2D eigenvalue weighted by Crippen LogP contribution is -2.51. The first kappa shape index (κ1) is 18.5. The minimum Gasteiger partial charge on any atom is -0.350 e. The van der Waals surface area contributed by atoms with E-state index < -0.39 is 12.1 Å². The third-order valence-corrected chi connectivity index (χ3v) is 3.25. The van der Waals surface area contributed by atoms with Crippen LogP contribution in [0.5, 0.6) is 0 Å². The van der Waals surface area contributed by atoms with E-state index in [1.54, 1.807) is 0 Å². The fraction of sp³-hybridized carbons (Fsp3) is 0.857. The summed E-state index contributed by atoms with van der Waals surface area (Å²) in [4.78, 5) is 21.7. The highest BCUT2D eigenvalue weighted by Gasteiger charge is 2.09. The predicted octanol–water partition coefficient (Wildman–Crippen LogP) is 2.87. The fourth-order valence-electron chi connectivity index (χ4n) is 2.11. The Balaban J connectivity index is 3.41. The number of carbonyl (C=O) groups excluding carboxylic acids is 2. The molecule has 0 saturated carbocycles. The molecule has 0 aromatic rings. The van der Waals surface area contributed by atoms with Gasteiger partial charge in [-0.15, -0.1) is 0 Å².